The number of hydrogen-bond acceptors (Lipinski definition) is 4. The smallest absolute Gasteiger partial charge is 0.269 e. The minimum atomic E-state index is -0.171. The van der Waals surface area contributed by atoms with Crippen molar-refractivity contribution in [3.63, 3.8) is 0 Å². The van der Waals surface area contributed by atoms with Gasteiger partial charge in [0.05, 0.1) is 12.2 Å². The van der Waals surface area contributed by atoms with Gasteiger partial charge in [0, 0.05) is 0 Å². The standard InChI is InChI=1S/C12H22N2O3/c15-12(14-17-11-3-1-2-4-11)9-16-10-5-7-13-8-6-10/h10-11,13H,1-9H2,(H,14,15). The van der Waals surface area contributed by atoms with Crippen LogP contribution in [0.1, 0.15) is 38.5 Å². The summed E-state index contributed by atoms with van der Waals surface area (Å²) in [7, 11) is 0. The summed E-state index contributed by atoms with van der Waals surface area (Å²) >= 11 is 0. The van der Waals surface area contributed by atoms with Gasteiger partial charge in [0.15, 0.2) is 0 Å². The highest BCUT2D eigenvalue weighted by Crippen LogP contribution is 2.19. The van der Waals surface area contributed by atoms with E-state index >= 15 is 0 Å². The summed E-state index contributed by atoms with van der Waals surface area (Å²) in [6, 6.07) is 0. The Kier molecular flexibility index (Phi) is 5.22. The predicted molar refractivity (Wildman–Crippen MR) is 63.3 cm³/mol. The molecule has 0 spiro atoms. The van der Waals surface area contributed by atoms with E-state index in [2.05, 4.69) is 10.8 Å². The number of nitrogens with one attached hydrogen (secondary N) is 2. The summed E-state index contributed by atoms with van der Waals surface area (Å²) in [6.07, 6.45) is 6.89. The zero-order valence-corrected chi connectivity index (χ0v) is 10.2. The van der Waals surface area contributed by atoms with Crippen molar-refractivity contribution in [3.05, 3.63) is 0 Å². The number of carbonyl (C=O) groups excluding carboxylic acids is 1. The van der Waals surface area contributed by atoms with Crippen LogP contribution in [0, 0.1) is 0 Å². The van der Waals surface area contributed by atoms with Crippen molar-refractivity contribution in [1.29, 1.82) is 0 Å². The molecule has 5 nitrogen and oxygen atoms in total. The summed E-state index contributed by atoms with van der Waals surface area (Å²) in [4.78, 5) is 16.8. The lowest BCUT2D eigenvalue weighted by atomic mass is 10.1. The number of rotatable bonds is 5. The second-order valence-corrected chi connectivity index (χ2v) is 4.81. The molecule has 0 unspecified atom stereocenters. The van der Waals surface area contributed by atoms with Crippen LogP contribution in [0.25, 0.3) is 0 Å². The van der Waals surface area contributed by atoms with Gasteiger partial charge in [-0.3, -0.25) is 9.63 Å². The summed E-state index contributed by atoms with van der Waals surface area (Å²) in [5.74, 6) is -0.171. The monoisotopic (exact) mass is 242 g/mol. The average molecular weight is 242 g/mol. The number of ether oxygens (including phenoxy) is 1. The zero-order chi connectivity index (χ0) is 11.9. The third-order valence-electron chi connectivity index (χ3n) is 3.38. The van der Waals surface area contributed by atoms with Gasteiger partial charge in [-0.2, -0.15) is 0 Å². The number of piperidine rings is 1. The molecule has 0 aromatic carbocycles. The van der Waals surface area contributed by atoms with E-state index in [1.165, 1.54) is 12.8 Å². The van der Waals surface area contributed by atoms with Crippen molar-refractivity contribution in [2.75, 3.05) is 19.7 Å². The summed E-state index contributed by atoms with van der Waals surface area (Å²) in [6.45, 7) is 2.06. The average Bonchev–Trinajstić information content (AvgIpc) is 2.88. The van der Waals surface area contributed by atoms with Gasteiger partial charge in [-0.1, -0.05) is 12.8 Å². The van der Waals surface area contributed by atoms with E-state index in [0.717, 1.165) is 38.8 Å². The fourth-order valence-corrected chi connectivity index (χ4v) is 2.34. The number of hydroxylamine groups is 1. The molecule has 1 saturated carbocycles. The van der Waals surface area contributed by atoms with Crippen LogP contribution < -0.4 is 10.8 Å². The van der Waals surface area contributed by atoms with Gasteiger partial charge in [-0.15, -0.1) is 0 Å². The van der Waals surface area contributed by atoms with Crippen LogP contribution in [0.15, 0.2) is 0 Å². The molecule has 0 bridgehead atoms. The van der Waals surface area contributed by atoms with Crippen LogP contribution in [-0.2, 0) is 14.4 Å². The molecule has 0 aromatic heterocycles. The van der Waals surface area contributed by atoms with Crippen LogP contribution in [0.3, 0.4) is 0 Å². The molecule has 2 fully saturated rings. The first kappa shape index (κ1) is 12.8. The normalized spacial score (nSPS) is 22.8. The SMILES string of the molecule is O=C(COC1CCNCC1)NOC1CCCC1. The minimum absolute atomic E-state index is 0.109. The van der Waals surface area contributed by atoms with E-state index in [1.807, 2.05) is 0 Å². The molecular formula is C12H22N2O3. The Morgan fingerprint density at radius 1 is 1.12 bits per heavy atom. The highest BCUT2D eigenvalue weighted by atomic mass is 16.7. The number of hydrogen-bond donors (Lipinski definition) is 2. The van der Waals surface area contributed by atoms with Crippen LogP contribution in [0.4, 0.5) is 0 Å². The molecule has 1 heterocycles. The lowest BCUT2D eigenvalue weighted by molar-refractivity contribution is -0.145. The molecule has 1 saturated heterocycles. The maximum atomic E-state index is 11.5. The lowest BCUT2D eigenvalue weighted by Crippen LogP contribution is -2.36. The van der Waals surface area contributed by atoms with Crippen molar-refractivity contribution < 1.29 is 14.4 Å². The summed E-state index contributed by atoms with van der Waals surface area (Å²) in [5.41, 5.74) is 2.48. The lowest BCUT2D eigenvalue weighted by Gasteiger charge is -2.22. The minimum Gasteiger partial charge on any atom is -0.368 e. The highest BCUT2D eigenvalue weighted by molar-refractivity contribution is 5.76. The van der Waals surface area contributed by atoms with Crippen molar-refractivity contribution in [2.24, 2.45) is 0 Å². The van der Waals surface area contributed by atoms with E-state index in [1.54, 1.807) is 0 Å². The molecule has 5 heteroatoms. The van der Waals surface area contributed by atoms with Crippen LogP contribution in [0.2, 0.25) is 0 Å². The number of amides is 1. The first-order valence-electron chi connectivity index (χ1n) is 6.61. The second-order valence-electron chi connectivity index (χ2n) is 4.81. The van der Waals surface area contributed by atoms with E-state index in [9.17, 15) is 4.79 Å². The Bertz CT molecular complexity index is 236. The van der Waals surface area contributed by atoms with Gasteiger partial charge in [-0.05, 0) is 38.8 Å². The first-order chi connectivity index (χ1) is 8.34. The van der Waals surface area contributed by atoms with E-state index < -0.39 is 0 Å². The molecule has 0 aromatic rings. The van der Waals surface area contributed by atoms with E-state index in [0.29, 0.717) is 0 Å². The van der Waals surface area contributed by atoms with Crippen molar-refractivity contribution >= 4 is 5.91 Å². The van der Waals surface area contributed by atoms with Gasteiger partial charge in [0.2, 0.25) is 0 Å². The number of carbonyl (C=O) groups is 1. The van der Waals surface area contributed by atoms with Gasteiger partial charge in [-0.25, -0.2) is 5.48 Å². The van der Waals surface area contributed by atoms with E-state index in [-0.39, 0.29) is 24.7 Å². The maximum absolute atomic E-state index is 11.5. The Labute approximate surface area is 102 Å². The van der Waals surface area contributed by atoms with Crippen molar-refractivity contribution in [3.8, 4) is 0 Å². The highest BCUT2D eigenvalue weighted by Gasteiger charge is 2.18. The molecule has 0 radical (unpaired) electrons. The molecule has 2 N–H and O–H groups in total. The van der Waals surface area contributed by atoms with Gasteiger partial charge >= 0.3 is 0 Å². The molecular weight excluding hydrogens is 220 g/mol. The molecule has 1 aliphatic carbocycles. The summed E-state index contributed by atoms with van der Waals surface area (Å²) < 4.78 is 5.53. The Morgan fingerprint density at radius 3 is 2.53 bits per heavy atom. The van der Waals surface area contributed by atoms with Gasteiger partial charge < -0.3 is 10.1 Å². The molecule has 1 aliphatic heterocycles. The zero-order valence-electron chi connectivity index (χ0n) is 10.2. The van der Waals surface area contributed by atoms with Crippen molar-refractivity contribution in [1.82, 2.24) is 10.8 Å². The van der Waals surface area contributed by atoms with Gasteiger partial charge in [0.25, 0.3) is 5.91 Å². The fourth-order valence-electron chi connectivity index (χ4n) is 2.34. The molecule has 17 heavy (non-hydrogen) atoms. The van der Waals surface area contributed by atoms with E-state index in [4.69, 9.17) is 9.57 Å². The maximum Gasteiger partial charge on any atom is 0.269 e. The van der Waals surface area contributed by atoms with Crippen LogP contribution in [0.5, 0.6) is 0 Å². The Hall–Kier alpha value is -0.650. The first-order valence-corrected chi connectivity index (χ1v) is 6.61. The Morgan fingerprint density at radius 2 is 1.82 bits per heavy atom. The third kappa shape index (κ3) is 4.61. The van der Waals surface area contributed by atoms with Gasteiger partial charge in [0.1, 0.15) is 6.61 Å². The largest absolute Gasteiger partial charge is 0.368 e. The molecule has 2 rings (SSSR count). The molecule has 0 atom stereocenters. The molecule has 2 aliphatic rings. The molecule has 1 amide bonds. The van der Waals surface area contributed by atoms with Crippen LogP contribution >= 0.6 is 0 Å². The second kappa shape index (κ2) is 6.93. The van der Waals surface area contributed by atoms with Crippen molar-refractivity contribution in [2.45, 2.75) is 50.7 Å². The van der Waals surface area contributed by atoms with Crippen LogP contribution in [-0.4, -0.2) is 37.8 Å². The summed E-state index contributed by atoms with van der Waals surface area (Å²) in [5, 5.41) is 3.26. The Balaban J connectivity index is 1.53. The molecule has 98 valence electrons. The predicted octanol–water partition coefficient (Wildman–Crippen LogP) is 0.745. The quantitative estimate of drug-likeness (QED) is 0.698. The topological polar surface area (TPSA) is 59.6 Å². The fraction of sp³-hybridized carbons (Fsp3) is 0.917. The third-order valence-corrected chi connectivity index (χ3v) is 3.38.